The van der Waals surface area contributed by atoms with Crippen molar-refractivity contribution in [2.24, 2.45) is 0 Å². The minimum Gasteiger partial charge on any atom is -0.484 e. The largest absolute Gasteiger partial charge is 0.484 e. The Labute approximate surface area is 187 Å². The van der Waals surface area contributed by atoms with Crippen molar-refractivity contribution in [2.75, 3.05) is 0 Å². The number of ether oxygens (including phenoxy) is 5. The van der Waals surface area contributed by atoms with Crippen LogP contribution >= 0.6 is 0 Å². The molecule has 2 unspecified atom stereocenters. The lowest BCUT2D eigenvalue weighted by molar-refractivity contribution is -0.222. The Hall–Kier alpha value is -2.93. The van der Waals surface area contributed by atoms with E-state index in [1.54, 1.807) is 31.2 Å². The van der Waals surface area contributed by atoms with Gasteiger partial charge in [0.15, 0.2) is 24.3 Å². The van der Waals surface area contributed by atoms with E-state index in [1.165, 1.54) is 0 Å². The van der Waals surface area contributed by atoms with Crippen LogP contribution in [0.2, 0.25) is 0 Å². The highest BCUT2D eigenvalue weighted by Gasteiger charge is 2.58. The smallest absolute Gasteiger partial charge is 0.338 e. The summed E-state index contributed by atoms with van der Waals surface area (Å²) in [5.41, 5.74) is 0.484. The molecule has 0 amide bonds. The normalized spacial score (nSPS) is 27.1. The first-order valence-electron chi connectivity index (χ1n) is 10.8. The molecule has 0 saturated carbocycles. The maximum atomic E-state index is 12.6. The van der Waals surface area contributed by atoms with E-state index in [0.29, 0.717) is 5.56 Å². The van der Waals surface area contributed by atoms with E-state index in [-0.39, 0.29) is 0 Å². The van der Waals surface area contributed by atoms with Gasteiger partial charge in [0.2, 0.25) is 0 Å². The van der Waals surface area contributed by atoms with E-state index in [2.05, 4.69) is 0 Å². The summed E-state index contributed by atoms with van der Waals surface area (Å²) in [7, 11) is 0. The lowest BCUT2D eigenvalue weighted by Crippen LogP contribution is -2.45. The fourth-order valence-corrected chi connectivity index (χ4v) is 4.34. The first-order chi connectivity index (χ1) is 15.4. The van der Waals surface area contributed by atoms with Crippen molar-refractivity contribution in [3.8, 4) is 5.75 Å². The predicted octanol–water partition coefficient (Wildman–Crippen LogP) is 4.71. The van der Waals surface area contributed by atoms with Crippen LogP contribution in [0.1, 0.15) is 31.1 Å². The van der Waals surface area contributed by atoms with Crippen molar-refractivity contribution in [2.45, 2.75) is 57.3 Å². The van der Waals surface area contributed by atoms with Crippen LogP contribution in [0.5, 0.6) is 5.75 Å². The highest BCUT2D eigenvalue weighted by molar-refractivity contribution is 5.89. The monoisotopic (exact) mass is 434 g/mol. The van der Waals surface area contributed by atoms with Crippen LogP contribution in [0, 0.1) is 0 Å². The average molecular weight is 434 g/mol. The van der Waals surface area contributed by atoms with E-state index < -0.39 is 42.5 Å². The van der Waals surface area contributed by atoms with Gasteiger partial charge in [0.25, 0.3) is 0 Å². The van der Waals surface area contributed by atoms with Crippen molar-refractivity contribution < 1.29 is 28.5 Å². The summed E-state index contributed by atoms with van der Waals surface area (Å²) in [5, 5.41) is 2.06. The maximum Gasteiger partial charge on any atom is 0.338 e. The van der Waals surface area contributed by atoms with Crippen molar-refractivity contribution in [3.05, 3.63) is 78.4 Å². The van der Waals surface area contributed by atoms with Crippen molar-refractivity contribution in [1.82, 2.24) is 0 Å². The minimum absolute atomic E-state index is 0.412. The maximum absolute atomic E-state index is 12.6. The van der Waals surface area contributed by atoms with Gasteiger partial charge in [0.05, 0.1) is 5.56 Å². The van der Waals surface area contributed by atoms with Gasteiger partial charge in [-0.1, -0.05) is 54.6 Å². The number of rotatable bonds is 5. The summed E-state index contributed by atoms with van der Waals surface area (Å²) in [6.07, 6.45) is -2.72. The summed E-state index contributed by atoms with van der Waals surface area (Å²) in [4.78, 5) is 12.6. The molecule has 0 spiro atoms. The average Bonchev–Trinajstić information content (AvgIpc) is 3.27. The predicted molar refractivity (Wildman–Crippen MR) is 118 cm³/mol. The SMILES string of the molecule is CC(OC(=O)c1ccccc1)[C@H]1OC2OC(C)(C)O[C@@H]2[C@@H]1Oc1cccc2ccccc12. The minimum atomic E-state index is -0.787. The molecule has 2 aliphatic heterocycles. The van der Waals surface area contributed by atoms with Crippen LogP contribution in [0.25, 0.3) is 10.8 Å². The molecular formula is C26H26O6. The third-order valence-electron chi connectivity index (χ3n) is 5.80. The molecule has 32 heavy (non-hydrogen) atoms. The molecule has 5 atom stereocenters. The molecule has 5 rings (SSSR count). The lowest BCUT2D eigenvalue weighted by Gasteiger charge is -2.29. The second kappa shape index (κ2) is 8.20. The highest BCUT2D eigenvalue weighted by Crippen LogP contribution is 2.41. The molecule has 3 aromatic rings. The standard InChI is InChI=1S/C26H26O6/c1-16(28-24(27)18-11-5-4-6-12-18)21-22(23-25(30-21)32-26(2,3)31-23)29-20-15-9-13-17-10-7-8-14-19(17)20/h4-16,21-23,25H,1-3H3/t16?,21-,22-,23-,25?/m1/s1. The highest BCUT2D eigenvalue weighted by atomic mass is 16.8. The Morgan fingerprint density at radius 3 is 2.47 bits per heavy atom. The number of carbonyl (C=O) groups excluding carboxylic acids is 1. The van der Waals surface area contributed by atoms with E-state index >= 15 is 0 Å². The van der Waals surface area contributed by atoms with E-state index in [9.17, 15) is 4.79 Å². The Balaban J connectivity index is 1.42. The van der Waals surface area contributed by atoms with Crippen LogP contribution in [0.4, 0.5) is 0 Å². The van der Waals surface area contributed by atoms with Crippen molar-refractivity contribution >= 4 is 16.7 Å². The Morgan fingerprint density at radius 2 is 1.66 bits per heavy atom. The van der Waals surface area contributed by atoms with Gasteiger partial charge < -0.3 is 23.7 Å². The number of esters is 1. The van der Waals surface area contributed by atoms with Crippen molar-refractivity contribution in [1.29, 1.82) is 0 Å². The summed E-state index contributed by atoms with van der Waals surface area (Å²) in [6, 6.07) is 22.8. The zero-order chi connectivity index (χ0) is 22.3. The number of hydrogen-bond donors (Lipinski definition) is 0. The molecule has 3 aromatic carbocycles. The molecule has 2 heterocycles. The molecule has 0 N–H and O–H groups in total. The number of fused-ring (bicyclic) bond motifs is 2. The molecule has 2 saturated heterocycles. The molecule has 2 aliphatic rings. The summed E-state index contributed by atoms with van der Waals surface area (Å²) in [5.74, 6) is -0.480. The van der Waals surface area contributed by atoms with Crippen LogP contribution < -0.4 is 4.74 Å². The van der Waals surface area contributed by atoms with Gasteiger partial charge in [0, 0.05) is 5.39 Å². The molecule has 0 radical (unpaired) electrons. The van der Waals surface area contributed by atoms with Crippen LogP contribution in [-0.4, -0.2) is 42.5 Å². The van der Waals surface area contributed by atoms with Gasteiger partial charge in [-0.25, -0.2) is 4.79 Å². The Kier molecular flexibility index (Phi) is 5.37. The summed E-state index contributed by atoms with van der Waals surface area (Å²) in [6.45, 7) is 5.49. The Morgan fingerprint density at radius 1 is 0.938 bits per heavy atom. The molecule has 0 aliphatic carbocycles. The second-order valence-electron chi connectivity index (χ2n) is 8.61. The van der Waals surface area contributed by atoms with Gasteiger partial charge >= 0.3 is 5.97 Å². The lowest BCUT2D eigenvalue weighted by atomic mass is 10.1. The fraction of sp³-hybridized carbons (Fsp3) is 0.346. The van der Waals surface area contributed by atoms with Crippen LogP contribution in [-0.2, 0) is 18.9 Å². The number of benzene rings is 3. The second-order valence-corrected chi connectivity index (χ2v) is 8.61. The van der Waals surface area contributed by atoms with E-state index in [4.69, 9.17) is 23.7 Å². The molecule has 6 nitrogen and oxygen atoms in total. The van der Waals surface area contributed by atoms with Gasteiger partial charge in [-0.15, -0.1) is 0 Å². The van der Waals surface area contributed by atoms with Crippen LogP contribution in [0.3, 0.4) is 0 Å². The number of hydrogen-bond acceptors (Lipinski definition) is 6. The van der Waals surface area contributed by atoms with Crippen LogP contribution in [0.15, 0.2) is 72.8 Å². The molecule has 0 aromatic heterocycles. The molecule has 166 valence electrons. The first-order valence-corrected chi connectivity index (χ1v) is 10.8. The topological polar surface area (TPSA) is 63.2 Å². The van der Waals surface area contributed by atoms with E-state index in [0.717, 1.165) is 16.5 Å². The summed E-state index contributed by atoms with van der Waals surface area (Å²) < 4.78 is 30.5. The summed E-state index contributed by atoms with van der Waals surface area (Å²) >= 11 is 0. The van der Waals surface area contributed by atoms with Crippen molar-refractivity contribution in [3.63, 3.8) is 0 Å². The Bertz CT molecular complexity index is 1110. The zero-order valence-corrected chi connectivity index (χ0v) is 18.3. The third kappa shape index (κ3) is 3.97. The number of carbonyl (C=O) groups is 1. The molecule has 6 heteroatoms. The van der Waals surface area contributed by atoms with Gasteiger partial charge in [-0.2, -0.15) is 0 Å². The first kappa shape index (κ1) is 20.9. The third-order valence-corrected chi connectivity index (χ3v) is 5.80. The fourth-order valence-electron chi connectivity index (χ4n) is 4.34. The molecule has 0 bridgehead atoms. The van der Waals surface area contributed by atoms with Gasteiger partial charge in [0.1, 0.15) is 18.0 Å². The van der Waals surface area contributed by atoms with E-state index in [1.807, 2.05) is 62.4 Å². The quantitative estimate of drug-likeness (QED) is 0.542. The molecule has 2 fully saturated rings. The van der Waals surface area contributed by atoms with Gasteiger partial charge in [-0.05, 0) is 44.4 Å². The zero-order valence-electron chi connectivity index (χ0n) is 18.3. The molecular weight excluding hydrogens is 408 g/mol. The van der Waals surface area contributed by atoms with Gasteiger partial charge in [-0.3, -0.25) is 0 Å².